The number of carbonyl (C=O) groups excluding carboxylic acids is 2. The van der Waals surface area contributed by atoms with E-state index in [-0.39, 0.29) is 30.1 Å². The molecule has 184 valence electrons. The van der Waals surface area contributed by atoms with E-state index in [9.17, 15) is 14.9 Å². The van der Waals surface area contributed by atoms with Gasteiger partial charge < -0.3 is 14.8 Å². The number of fused-ring (bicyclic) bond motifs is 1. The van der Waals surface area contributed by atoms with Crippen LogP contribution in [0.3, 0.4) is 0 Å². The van der Waals surface area contributed by atoms with Crippen LogP contribution >= 0.6 is 11.8 Å². The third-order valence-corrected chi connectivity index (χ3v) is 7.39. The SMILES string of the molecule is Cc1ccc(N2C(=O)/C(=C\c3ccc4c(c3)OCO4)N=C2SCC(=O)NC2(C#N)CCCCC2)cc1. The van der Waals surface area contributed by atoms with Crippen molar-refractivity contribution in [1.82, 2.24) is 5.32 Å². The molecule has 0 saturated heterocycles. The summed E-state index contributed by atoms with van der Waals surface area (Å²) in [5, 5.41) is 13.0. The number of benzene rings is 2. The third-order valence-electron chi connectivity index (χ3n) is 6.45. The van der Waals surface area contributed by atoms with E-state index in [1.807, 2.05) is 37.3 Å². The number of amidine groups is 1. The topological polar surface area (TPSA) is 104 Å². The zero-order valence-corrected chi connectivity index (χ0v) is 20.8. The van der Waals surface area contributed by atoms with Crippen LogP contribution in [-0.2, 0) is 9.59 Å². The van der Waals surface area contributed by atoms with Crippen molar-refractivity contribution in [3.63, 3.8) is 0 Å². The largest absolute Gasteiger partial charge is 0.454 e. The highest BCUT2D eigenvalue weighted by molar-refractivity contribution is 8.14. The lowest BCUT2D eigenvalue weighted by Crippen LogP contribution is -2.49. The van der Waals surface area contributed by atoms with Crippen LogP contribution in [0.5, 0.6) is 11.5 Å². The van der Waals surface area contributed by atoms with Crippen LogP contribution in [0.2, 0.25) is 0 Å². The maximum atomic E-state index is 13.4. The highest BCUT2D eigenvalue weighted by Gasteiger charge is 2.35. The van der Waals surface area contributed by atoms with Crippen molar-refractivity contribution in [2.45, 2.75) is 44.6 Å². The fraction of sp³-hybridized carbons (Fsp3) is 0.333. The number of hydrogen-bond donors (Lipinski definition) is 1. The van der Waals surface area contributed by atoms with Gasteiger partial charge in [-0.2, -0.15) is 5.26 Å². The van der Waals surface area contributed by atoms with Crippen molar-refractivity contribution in [1.29, 1.82) is 5.26 Å². The van der Waals surface area contributed by atoms with E-state index in [0.717, 1.165) is 30.4 Å². The normalized spacial score (nSPS) is 19.2. The highest BCUT2D eigenvalue weighted by atomic mass is 32.2. The summed E-state index contributed by atoms with van der Waals surface area (Å²) in [6.45, 7) is 2.15. The van der Waals surface area contributed by atoms with Gasteiger partial charge in [-0.25, -0.2) is 4.99 Å². The number of aryl methyl sites for hydroxylation is 1. The molecule has 0 bridgehead atoms. The fourth-order valence-electron chi connectivity index (χ4n) is 4.53. The highest BCUT2D eigenvalue weighted by Crippen LogP contribution is 2.35. The Morgan fingerprint density at radius 3 is 2.67 bits per heavy atom. The Balaban J connectivity index is 1.38. The molecular weight excluding hydrogens is 476 g/mol. The van der Waals surface area contributed by atoms with Crippen molar-refractivity contribution < 1.29 is 19.1 Å². The van der Waals surface area contributed by atoms with E-state index in [1.54, 1.807) is 18.2 Å². The van der Waals surface area contributed by atoms with E-state index < -0.39 is 5.54 Å². The lowest BCUT2D eigenvalue weighted by atomic mass is 9.83. The molecule has 36 heavy (non-hydrogen) atoms. The van der Waals surface area contributed by atoms with Gasteiger partial charge in [0.1, 0.15) is 11.2 Å². The maximum absolute atomic E-state index is 13.4. The minimum Gasteiger partial charge on any atom is -0.454 e. The minimum absolute atomic E-state index is 0.0508. The third kappa shape index (κ3) is 4.95. The van der Waals surface area contributed by atoms with Gasteiger partial charge in [0.2, 0.25) is 12.7 Å². The van der Waals surface area contributed by atoms with Crippen molar-refractivity contribution in [2.75, 3.05) is 17.4 Å². The molecule has 9 heteroatoms. The number of thioether (sulfide) groups is 1. The molecule has 0 aromatic heterocycles. The summed E-state index contributed by atoms with van der Waals surface area (Å²) in [5.74, 6) is 0.815. The summed E-state index contributed by atoms with van der Waals surface area (Å²) in [6.07, 6.45) is 5.96. The van der Waals surface area contributed by atoms with Gasteiger partial charge in [0, 0.05) is 0 Å². The Hall–Kier alpha value is -3.77. The van der Waals surface area contributed by atoms with Crippen LogP contribution in [0.15, 0.2) is 53.2 Å². The van der Waals surface area contributed by atoms with E-state index >= 15 is 0 Å². The van der Waals surface area contributed by atoms with Gasteiger partial charge in [0.05, 0.1) is 17.5 Å². The van der Waals surface area contributed by atoms with Crippen LogP contribution in [-0.4, -0.2) is 35.1 Å². The molecule has 1 N–H and O–H groups in total. The molecule has 3 aliphatic rings. The molecule has 1 aliphatic carbocycles. The van der Waals surface area contributed by atoms with Gasteiger partial charge in [0.25, 0.3) is 5.91 Å². The average molecular weight is 503 g/mol. The van der Waals surface area contributed by atoms with Crippen molar-refractivity contribution in [3.8, 4) is 17.6 Å². The molecule has 2 heterocycles. The van der Waals surface area contributed by atoms with Gasteiger partial charge >= 0.3 is 0 Å². The number of ether oxygens (including phenoxy) is 2. The standard InChI is InChI=1S/C27H26N4O4S/c1-18-5-8-20(9-6-18)31-25(33)21(13-19-7-10-22-23(14-19)35-17-34-22)29-26(31)36-15-24(32)30-27(16-28)11-3-2-4-12-27/h5-10,13-14H,2-4,11-12,15,17H2,1H3,(H,30,32)/b21-13+. The van der Waals surface area contributed by atoms with E-state index in [1.165, 1.54) is 16.7 Å². The van der Waals surface area contributed by atoms with Crippen LogP contribution in [0.25, 0.3) is 6.08 Å². The summed E-state index contributed by atoms with van der Waals surface area (Å²) in [5.41, 5.74) is 1.96. The first kappa shape index (κ1) is 23.9. The first-order valence-corrected chi connectivity index (χ1v) is 12.9. The first-order valence-electron chi connectivity index (χ1n) is 11.9. The molecule has 2 aliphatic heterocycles. The smallest absolute Gasteiger partial charge is 0.283 e. The number of aliphatic imine (C=N–C) groups is 1. The predicted molar refractivity (Wildman–Crippen MR) is 139 cm³/mol. The summed E-state index contributed by atoms with van der Waals surface area (Å²) >= 11 is 1.18. The number of nitrogens with zero attached hydrogens (tertiary/aromatic N) is 3. The van der Waals surface area contributed by atoms with E-state index in [4.69, 9.17) is 9.47 Å². The van der Waals surface area contributed by atoms with Crippen molar-refractivity contribution >= 4 is 40.5 Å². The molecule has 2 amide bonds. The van der Waals surface area contributed by atoms with Crippen molar-refractivity contribution in [2.24, 2.45) is 4.99 Å². The molecule has 0 atom stereocenters. The average Bonchev–Trinajstić information content (AvgIpc) is 3.48. The van der Waals surface area contributed by atoms with Gasteiger partial charge in [-0.15, -0.1) is 0 Å². The minimum atomic E-state index is -0.801. The number of anilines is 1. The Bertz CT molecular complexity index is 1290. The summed E-state index contributed by atoms with van der Waals surface area (Å²) < 4.78 is 10.8. The van der Waals surface area contributed by atoms with Gasteiger partial charge in [-0.05, 0) is 55.7 Å². The zero-order valence-electron chi connectivity index (χ0n) is 20.0. The lowest BCUT2D eigenvalue weighted by molar-refractivity contribution is -0.120. The molecule has 8 nitrogen and oxygen atoms in total. The van der Waals surface area contributed by atoms with Crippen LogP contribution < -0.4 is 19.7 Å². The fourth-order valence-corrected chi connectivity index (χ4v) is 5.34. The quantitative estimate of drug-likeness (QED) is 0.602. The first-order chi connectivity index (χ1) is 17.5. The monoisotopic (exact) mass is 502 g/mol. The second-order valence-electron chi connectivity index (χ2n) is 9.10. The molecule has 0 spiro atoms. The number of carbonyl (C=O) groups is 2. The molecular formula is C27H26N4O4S. The Morgan fingerprint density at radius 1 is 1.17 bits per heavy atom. The molecule has 0 unspecified atom stereocenters. The van der Waals surface area contributed by atoms with Crippen LogP contribution in [0.1, 0.15) is 43.2 Å². The maximum Gasteiger partial charge on any atom is 0.283 e. The number of amides is 2. The Labute approximate surface area is 214 Å². The molecule has 2 aromatic rings. The van der Waals surface area contributed by atoms with Gasteiger partial charge in [-0.1, -0.05) is 54.8 Å². The molecule has 1 fully saturated rings. The molecule has 0 radical (unpaired) electrons. The molecule has 1 saturated carbocycles. The zero-order chi connectivity index (χ0) is 25.1. The van der Waals surface area contributed by atoms with Gasteiger partial charge in [0.15, 0.2) is 16.7 Å². The summed E-state index contributed by atoms with van der Waals surface area (Å²) in [7, 11) is 0. The molecule has 2 aromatic carbocycles. The Kier molecular flexibility index (Phi) is 6.70. The van der Waals surface area contributed by atoms with Crippen LogP contribution in [0.4, 0.5) is 5.69 Å². The number of rotatable bonds is 5. The van der Waals surface area contributed by atoms with Crippen LogP contribution in [0, 0.1) is 18.3 Å². The lowest BCUT2D eigenvalue weighted by Gasteiger charge is -2.31. The second kappa shape index (κ2) is 10.1. The number of hydrogen-bond acceptors (Lipinski definition) is 7. The van der Waals surface area contributed by atoms with Gasteiger partial charge in [-0.3, -0.25) is 14.5 Å². The summed E-state index contributed by atoms with van der Waals surface area (Å²) in [6, 6.07) is 15.3. The second-order valence-corrected chi connectivity index (χ2v) is 10.0. The number of nitrogens with one attached hydrogen (secondary N) is 1. The van der Waals surface area contributed by atoms with Crippen molar-refractivity contribution in [3.05, 3.63) is 59.3 Å². The summed E-state index contributed by atoms with van der Waals surface area (Å²) in [4.78, 5) is 32.3. The number of nitriles is 1. The van der Waals surface area contributed by atoms with E-state index in [0.29, 0.717) is 35.2 Å². The Morgan fingerprint density at radius 2 is 1.92 bits per heavy atom. The predicted octanol–water partition coefficient (Wildman–Crippen LogP) is 4.54. The van der Waals surface area contributed by atoms with E-state index in [2.05, 4.69) is 16.4 Å². The molecule has 5 rings (SSSR count).